The summed E-state index contributed by atoms with van der Waals surface area (Å²) in [6.45, 7) is 4.65. The summed E-state index contributed by atoms with van der Waals surface area (Å²) >= 11 is 0. The third kappa shape index (κ3) is 2.85. The van der Waals surface area contributed by atoms with E-state index in [2.05, 4.69) is 29.5 Å². The van der Waals surface area contributed by atoms with Gasteiger partial charge in [0.05, 0.1) is 6.20 Å². The number of nitrogens with zero attached hydrogens (tertiary/aromatic N) is 3. The van der Waals surface area contributed by atoms with Crippen LogP contribution in [-0.4, -0.2) is 38.5 Å². The average molecular weight is 252 g/mol. The topological polar surface area (TPSA) is 97.1 Å². The van der Waals surface area contributed by atoms with E-state index < -0.39 is 5.97 Å². The van der Waals surface area contributed by atoms with E-state index in [4.69, 9.17) is 5.11 Å². The van der Waals surface area contributed by atoms with Crippen LogP contribution in [0.2, 0.25) is 0 Å². The minimum Gasteiger partial charge on any atom is -0.480 e. The minimum atomic E-state index is -1.02. The highest BCUT2D eigenvalue weighted by atomic mass is 16.4. The van der Waals surface area contributed by atoms with Crippen LogP contribution in [0.15, 0.2) is 6.20 Å². The molecule has 1 saturated carbocycles. The van der Waals surface area contributed by atoms with E-state index in [1.165, 1.54) is 6.20 Å². The monoisotopic (exact) mass is 252 g/mol. The van der Waals surface area contributed by atoms with E-state index in [0.29, 0.717) is 17.9 Å². The van der Waals surface area contributed by atoms with Crippen molar-refractivity contribution in [1.82, 2.24) is 20.3 Å². The maximum Gasteiger partial charge on any atom is 0.325 e. The first-order chi connectivity index (χ1) is 8.38. The third-order valence-electron chi connectivity index (χ3n) is 3.30. The molecule has 1 amide bonds. The van der Waals surface area contributed by atoms with Gasteiger partial charge < -0.3 is 10.4 Å². The molecule has 2 rings (SSSR count). The Bertz CT molecular complexity index is 480. The van der Waals surface area contributed by atoms with Crippen molar-refractivity contribution in [2.45, 2.75) is 26.8 Å². The summed E-state index contributed by atoms with van der Waals surface area (Å²) in [5, 5.41) is 18.6. The fourth-order valence-electron chi connectivity index (χ4n) is 1.85. The molecular formula is C11H16N4O3. The summed E-state index contributed by atoms with van der Waals surface area (Å²) in [7, 11) is 0. The van der Waals surface area contributed by atoms with Crippen LogP contribution in [0.1, 0.15) is 30.8 Å². The predicted octanol–water partition coefficient (Wildman–Crippen LogP) is 0.139. The van der Waals surface area contributed by atoms with Crippen LogP contribution >= 0.6 is 0 Å². The molecule has 0 aliphatic heterocycles. The molecule has 18 heavy (non-hydrogen) atoms. The third-order valence-corrected chi connectivity index (χ3v) is 3.30. The smallest absolute Gasteiger partial charge is 0.325 e. The number of rotatable bonds is 5. The van der Waals surface area contributed by atoms with Crippen molar-refractivity contribution in [3.05, 3.63) is 11.9 Å². The second kappa shape index (κ2) is 4.40. The van der Waals surface area contributed by atoms with E-state index in [1.54, 1.807) is 0 Å². The fourth-order valence-corrected chi connectivity index (χ4v) is 1.85. The maximum absolute atomic E-state index is 11.7. The van der Waals surface area contributed by atoms with Crippen LogP contribution in [0.5, 0.6) is 0 Å². The zero-order chi connectivity index (χ0) is 13.3. The highest BCUT2D eigenvalue weighted by Gasteiger charge is 2.45. The summed E-state index contributed by atoms with van der Waals surface area (Å²) in [6.07, 6.45) is 2.44. The number of carboxylic acid groups (broad SMARTS) is 1. The van der Waals surface area contributed by atoms with Gasteiger partial charge in [0, 0.05) is 6.54 Å². The minimum absolute atomic E-state index is 0.148. The van der Waals surface area contributed by atoms with Crippen molar-refractivity contribution < 1.29 is 14.7 Å². The van der Waals surface area contributed by atoms with Crippen LogP contribution < -0.4 is 5.32 Å². The Morgan fingerprint density at radius 3 is 2.83 bits per heavy atom. The fraction of sp³-hybridized carbons (Fsp3) is 0.636. The van der Waals surface area contributed by atoms with Crippen molar-refractivity contribution in [3.63, 3.8) is 0 Å². The Hall–Kier alpha value is -1.92. The normalized spacial score (nSPS) is 20.4. The summed E-state index contributed by atoms with van der Waals surface area (Å²) in [6, 6.07) is 0. The molecule has 1 aliphatic rings. The largest absolute Gasteiger partial charge is 0.480 e. The molecule has 0 saturated heterocycles. The SMILES string of the molecule is CC1(C)CC1CNC(=O)c1cn(CC(=O)O)nn1. The molecule has 1 unspecified atom stereocenters. The van der Waals surface area contributed by atoms with Gasteiger partial charge in [0.2, 0.25) is 0 Å². The Morgan fingerprint density at radius 2 is 2.28 bits per heavy atom. The standard InChI is InChI=1S/C11H16N4O3/c1-11(2)3-7(11)4-12-10(18)8-5-15(14-13-8)6-9(16)17/h5,7H,3-4,6H2,1-2H3,(H,12,18)(H,16,17). The highest BCUT2D eigenvalue weighted by Crippen LogP contribution is 2.50. The number of carbonyl (C=O) groups excluding carboxylic acids is 1. The lowest BCUT2D eigenvalue weighted by Gasteiger charge is -2.04. The van der Waals surface area contributed by atoms with E-state index >= 15 is 0 Å². The Kier molecular flexibility index (Phi) is 3.06. The van der Waals surface area contributed by atoms with Gasteiger partial charge >= 0.3 is 5.97 Å². The molecule has 0 spiro atoms. The maximum atomic E-state index is 11.7. The van der Waals surface area contributed by atoms with Gasteiger partial charge in [0.15, 0.2) is 5.69 Å². The van der Waals surface area contributed by atoms with Gasteiger partial charge in [0.25, 0.3) is 5.91 Å². The lowest BCUT2D eigenvalue weighted by atomic mass is 10.1. The molecular weight excluding hydrogens is 236 g/mol. The predicted molar refractivity (Wildman–Crippen MR) is 61.9 cm³/mol. The van der Waals surface area contributed by atoms with Crippen molar-refractivity contribution in [2.75, 3.05) is 6.54 Å². The molecule has 7 nitrogen and oxygen atoms in total. The molecule has 1 fully saturated rings. The van der Waals surface area contributed by atoms with Crippen LogP contribution in [0, 0.1) is 11.3 Å². The molecule has 1 aromatic heterocycles. The summed E-state index contributed by atoms with van der Waals surface area (Å²) < 4.78 is 1.12. The van der Waals surface area contributed by atoms with Gasteiger partial charge in [-0.25, -0.2) is 4.68 Å². The molecule has 1 aromatic rings. The van der Waals surface area contributed by atoms with Gasteiger partial charge in [-0.15, -0.1) is 5.10 Å². The van der Waals surface area contributed by atoms with Gasteiger partial charge in [0.1, 0.15) is 6.54 Å². The molecule has 0 bridgehead atoms. The number of nitrogens with one attached hydrogen (secondary N) is 1. The van der Waals surface area contributed by atoms with Gasteiger partial charge in [-0.1, -0.05) is 19.1 Å². The van der Waals surface area contributed by atoms with Crippen molar-refractivity contribution >= 4 is 11.9 Å². The van der Waals surface area contributed by atoms with Crippen molar-refractivity contribution in [1.29, 1.82) is 0 Å². The van der Waals surface area contributed by atoms with Crippen LogP contribution in [0.4, 0.5) is 0 Å². The summed E-state index contributed by atoms with van der Waals surface area (Å²) in [5.74, 6) is -0.823. The van der Waals surface area contributed by atoms with Gasteiger partial charge in [-0.05, 0) is 17.8 Å². The summed E-state index contributed by atoms with van der Waals surface area (Å²) in [5.41, 5.74) is 0.462. The number of aromatic nitrogens is 3. The number of carbonyl (C=O) groups is 2. The first-order valence-corrected chi connectivity index (χ1v) is 5.78. The van der Waals surface area contributed by atoms with Gasteiger partial charge in [-0.3, -0.25) is 9.59 Å². The molecule has 2 N–H and O–H groups in total. The van der Waals surface area contributed by atoms with E-state index in [-0.39, 0.29) is 18.1 Å². The second-order valence-electron chi connectivity index (χ2n) is 5.29. The first kappa shape index (κ1) is 12.5. The molecule has 7 heteroatoms. The van der Waals surface area contributed by atoms with E-state index in [0.717, 1.165) is 11.1 Å². The van der Waals surface area contributed by atoms with Crippen LogP contribution in [0.3, 0.4) is 0 Å². The molecule has 98 valence electrons. The highest BCUT2D eigenvalue weighted by molar-refractivity contribution is 5.91. The molecule has 0 radical (unpaired) electrons. The Balaban J connectivity index is 1.85. The first-order valence-electron chi connectivity index (χ1n) is 5.78. The second-order valence-corrected chi connectivity index (χ2v) is 5.29. The van der Waals surface area contributed by atoms with E-state index in [9.17, 15) is 9.59 Å². The number of aliphatic carboxylic acids is 1. The number of hydrogen-bond acceptors (Lipinski definition) is 4. The van der Waals surface area contributed by atoms with E-state index in [1.807, 2.05) is 0 Å². The average Bonchev–Trinajstić information content (AvgIpc) is 2.69. The Morgan fingerprint density at radius 1 is 1.61 bits per heavy atom. The quantitative estimate of drug-likeness (QED) is 0.776. The lowest BCUT2D eigenvalue weighted by Crippen LogP contribution is -2.26. The van der Waals surface area contributed by atoms with Crippen molar-refractivity contribution in [3.8, 4) is 0 Å². The van der Waals surface area contributed by atoms with Crippen LogP contribution in [0.25, 0.3) is 0 Å². The Labute approximate surface area is 104 Å². The lowest BCUT2D eigenvalue weighted by molar-refractivity contribution is -0.137. The van der Waals surface area contributed by atoms with Crippen LogP contribution in [-0.2, 0) is 11.3 Å². The molecule has 0 aromatic carbocycles. The number of carboxylic acids is 1. The number of amides is 1. The zero-order valence-corrected chi connectivity index (χ0v) is 10.4. The molecule has 1 atom stereocenters. The molecule has 1 heterocycles. The van der Waals surface area contributed by atoms with Crippen molar-refractivity contribution in [2.24, 2.45) is 11.3 Å². The summed E-state index contributed by atoms with van der Waals surface area (Å²) in [4.78, 5) is 22.2. The number of hydrogen-bond donors (Lipinski definition) is 2. The zero-order valence-electron chi connectivity index (χ0n) is 10.4. The van der Waals surface area contributed by atoms with Gasteiger partial charge in [-0.2, -0.15) is 0 Å². The molecule has 1 aliphatic carbocycles.